The van der Waals surface area contributed by atoms with Crippen LogP contribution < -0.4 is 0 Å². The molecule has 4 rings (SSSR count). The number of Topliss-reactive ketones (excluding diaryl/α,β-unsaturated/α-hetero) is 1. The molecule has 1 aliphatic heterocycles. The summed E-state index contributed by atoms with van der Waals surface area (Å²) in [5, 5.41) is 11.1. The maximum atomic E-state index is 13.1. The number of amides is 1. The van der Waals surface area contributed by atoms with Gasteiger partial charge in [0.15, 0.2) is 0 Å². The number of imidazole rings is 1. The van der Waals surface area contributed by atoms with E-state index in [-0.39, 0.29) is 11.3 Å². The molecule has 0 bridgehead atoms. The quantitative estimate of drug-likeness (QED) is 0.322. The first-order chi connectivity index (χ1) is 15.9. The molecule has 1 fully saturated rings. The van der Waals surface area contributed by atoms with E-state index in [2.05, 4.69) is 18.8 Å². The molecule has 0 aliphatic carbocycles. The fourth-order valence-corrected chi connectivity index (χ4v) is 4.23. The van der Waals surface area contributed by atoms with Gasteiger partial charge >= 0.3 is 0 Å². The van der Waals surface area contributed by atoms with Crippen LogP contribution in [0.3, 0.4) is 0 Å². The van der Waals surface area contributed by atoms with Gasteiger partial charge in [0.1, 0.15) is 5.76 Å². The Labute approximate surface area is 194 Å². The minimum absolute atomic E-state index is 0.136. The molecule has 0 spiro atoms. The molecule has 2 aromatic carbocycles. The second kappa shape index (κ2) is 9.45. The number of likely N-dealkylation sites (tertiary alicyclic amines) is 1. The van der Waals surface area contributed by atoms with Crippen molar-refractivity contribution in [1.29, 1.82) is 0 Å². The lowest BCUT2D eigenvalue weighted by Crippen LogP contribution is -2.31. The molecule has 1 aliphatic rings. The molecular formula is C27H29N3O3. The van der Waals surface area contributed by atoms with Gasteiger partial charge in [0.2, 0.25) is 0 Å². The van der Waals surface area contributed by atoms with Gasteiger partial charge < -0.3 is 14.6 Å². The fraction of sp³-hybridized carbons (Fsp3) is 0.296. The number of aliphatic hydroxyl groups is 1. The molecule has 33 heavy (non-hydrogen) atoms. The first kappa shape index (κ1) is 22.5. The summed E-state index contributed by atoms with van der Waals surface area (Å²) >= 11 is 0. The number of aromatic nitrogens is 2. The molecule has 1 amide bonds. The first-order valence-electron chi connectivity index (χ1n) is 11.3. The van der Waals surface area contributed by atoms with Crippen LogP contribution in [0.1, 0.15) is 54.5 Å². The van der Waals surface area contributed by atoms with Crippen LogP contribution in [0.25, 0.3) is 5.76 Å². The fourth-order valence-electron chi connectivity index (χ4n) is 4.23. The van der Waals surface area contributed by atoms with Crippen LogP contribution in [0.2, 0.25) is 0 Å². The molecular weight excluding hydrogens is 414 g/mol. The van der Waals surface area contributed by atoms with Crippen LogP contribution in [0, 0.1) is 6.92 Å². The summed E-state index contributed by atoms with van der Waals surface area (Å²) in [5.41, 5.74) is 3.71. The smallest absolute Gasteiger partial charge is 0.295 e. The van der Waals surface area contributed by atoms with Crippen LogP contribution in [-0.2, 0) is 16.1 Å². The molecule has 1 aromatic heterocycles. The van der Waals surface area contributed by atoms with Crippen LogP contribution in [-0.4, -0.2) is 37.8 Å². The van der Waals surface area contributed by atoms with E-state index in [4.69, 9.17) is 0 Å². The minimum atomic E-state index is -0.645. The van der Waals surface area contributed by atoms with Crippen molar-refractivity contribution in [3.63, 3.8) is 0 Å². The standard InChI is InChI=1S/C27H29N3O3/c1-18(2)20-9-11-21(12-10-20)24-23(25(31)22-7-5-19(3)6-8-22)26(32)27(33)30(24)15-4-14-29-16-13-28-17-29/h5-13,16-18,24,31H,4,14-15H2,1-3H3/t24-/m1/s1. The van der Waals surface area contributed by atoms with Gasteiger partial charge in [-0.15, -0.1) is 0 Å². The Morgan fingerprint density at radius 2 is 1.73 bits per heavy atom. The van der Waals surface area contributed by atoms with E-state index in [1.54, 1.807) is 29.6 Å². The Bertz CT molecular complexity index is 1160. The zero-order valence-electron chi connectivity index (χ0n) is 19.2. The van der Waals surface area contributed by atoms with E-state index < -0.39 is 17.7 Å². The topological polar surface area (TPSA) is 75.4 Å². The molecule has 170 valence electrons. The number of aryl methyl sites for hydroxylation is 2. The number of nitrogens with zero attached hydrogens (tertiary/aromatic N) is 3. The largest absolute Gasteiger partial charge is 0.507 e. The van der Waals surface area contributed by atoms with Gasteiger partial charge in [0.25, 0.3) is 11.7 Å². The normalized spacial score (nSPS) is 17.8. The zero-order valence-corrected chi connectivity index (χ0v) is 19.2. The second-order valence-electron chi connectivity index (χ2n) is 8.83. The highest BCUT2D eigenvalue weighted by molar-refractivity contribution is 6.46. The SMILES string of the molecule is Cc1ccc(C(O)=C2C(=O)C(=O)N(CCCn3ccnc3)[C@@H]2c2ccc(C(C)C)cc2)cc1. The number of hydrogen-bond donors (Lipinski definition) is 1. The molecule has 2 heterocycles. The van der Waals surface area contributed by atoms with Crippen molar-refractivity contribution >= 4 is 17.4 Å². The number of carbonyl (C=O) groups excluding carboxylic acids is 2. The van der Waals surface area contributed by atoms with Crippen molar-refractivity contribution in [2.24, 2.45) is 0 Å². The lowest BCUT2D eigenvalue weighted by molar-refractivity contribution is -0.139. The number of hydrogen-bond acceptors (Lipinski definition) is 4. The van der Waals surface area contributed by atoms with Crippen LogP contribution in [0.15, 0.2) is 72.8 Å². The highest BCUT2D eigenvalue weighted by Gasteiger charge is 2.45. The first-order valence-corrected chi connectivity index (χ1v) is 11.3. The van der Waals surface area contributed by atoms with E-state index in [0.717, 1.165) is 11.1 Å². The van der Waals surface area contributed by atoms with E-state index in [0.29, 0.717) is 31.0 Å². The average molecular weight is 444 g/mol. The molecule has 3 aromatic rings. The molecule has 6 heteroatoms. The third kappa shape index (κ3) is 4.60. The van der Waals surface area contributed by atoms with Gasteiger partial charge in [0.05, 0.1) is 17.9 Å². The van der Waals surface area contributed by atoms with Crippen LogP contribution in [0.5, 0.6) is 0 Å². The maximum absolute atomic E-state index is 13.1. The van der Waals surface area contributed by atoms with Gasteiger partial charge in [-0.3, -0.25) is 9.59 Å². The van der Waals surface area contributed by atoms with Gasteiger partial charge in [-0.2, -0.15) is 0 Å². The predicted octanol–water partition coefficient (Wildman–Crippen LogP) is 4.83. The Hall–Kier alpha value is -3.67. The average Bonchev–Trinajstić information content (AvgIpc) is 3.41. The third-order valence-electron chi connectivity index (χ3n) is 6.16. The second-order valence-corrected chi connectivity index (χ2v) is 8.83. The third-order valence-corrected chi connectivity index (χ3v) is 6.16. The summed E-state index contributed by atoms with van der Waals surface area (Å²) < 4.78 is 1.94. The van der Waals surface area contributed by atoms with Crippen LogP contribution in [0.4, 0.5) is 0 Å². The summed E-state index contributed by atoms with van der Waals surface area (Å²) in [6, 6.07) is 14.6. The van der Waals surface area contributed by atoms with Crippen molar-refractivity contribution in [3.05, 3.63) is 95.1 Å². The molecule has 0 saturated carbocycles. The van der Waals surface area contributed by atoms with E-state index in [1.165, 1.54) is 5.56 Å². The maximum Gasteiger partial charge on any atom is 0.295 e. The van der Waals surface area contributed by atoms with Crippen molar-refractivity contribution in [2.45, 2.75) is 45.7 Å². The van der Waals surface area contributed by atoms with Crippen LogP contribution >= 0.6 is 0 Å². The molecule has 1 atom stereocenters. The number of carbonyl (C=O) groups is 2. The van der Waals surface area contributed by atoms with E-state index in [1.807, 2.05) is 54.1 Å². The molecule has 0 radical (unpaired) electrons. The Morgan fingerprint density at radius 3 is 2.33 bits per heavy atom. The van der Waals surface area contributed by atoms with Gasteiger partial charge in [-0.05, 0) is 30.4 Å². The highest BCUT2D eigenvalue weighted by atomic mass is 16.3. The monoisotopic (exact) mass is 443 g/mol. The highest BCUT2D eigenvalue weighted by Crippen LogP contribution is 2.39. The van der Waals surface area contributed by atoms with Crippen molar-refractivity contribution < 1.29 is 14.7 Å². The minimum Gasteiger partial charge on any atom is -0.507 e. The number of benzene rings is 2. The van der Waals surface area contributed by atoms with E-state index in [9.17, 15) is 14.7 Å². The summed E-state index contributed by atoms with van der Waals surface area (Å²) in [6.07, 6.45) is 5.97. The lowest BCUT2D eigenvalue weighted by atomic mass is 9.93. The van der Waals surface area contributed by atoms with Crippen molar-refractivity contribution in [2.75, 3.05) is 6.54 Å². The Kier molecular flexibility index (Phi) is 6.45. The molecule has 6 nitrogen and oxygen atoms in total. The number of aliphatic hydroxyl groups excluding tert-OH is 1. The van der Waals surface area contributed by atoms with Gasteiger partial charge in [-0.1, -0.05) is 67.9 Å². The predicted molar refractivity (Wildman–Crippen MR) is 128 cm³/mol. The molecule has 1 saturated heterocycles. The summed E-state index contributed by atoms with van der Waals surface area (Å²) in [7, 11) is 0. The molecule has 1 N–H and O–H groups in total. The number of rotatable bonds is 7. The summed E-state index contributed by atoms with van der Waals surface area (Å²) in [5.74, 6) is -0.989. The summed E-state index contributed by atoms with van der Waals surface area (Å²) in [6.45, 7) is 7.27. The zero-order chi connectivity index (χ0) is 23.5. The number of ketones is 1. The van der Waals surface area contributed by atoms with E-state index >= 15 is 0 Å². The van der Waals surface area contributed by atoms with Crippen molar-refractivity contribution in [3.8, 4) is 0 Å². The Balaban J connectivity index is 1.73. The molecule has 0 unspecified atom stereocenters. The van der Waals surface area contributed by atoms with Gasteiger partial charge in [-0.25, -0.2) is 4.98 Å². The van der Waals surface area contributed by atoms with Gasteiger partial charge in [0, 0.05) is 31.0 Å². The Morgan fingerprint density at radius 1 is 1.03 bits per heavy atom. The summed E-state index contributed by atoms with van der Waals surface area (Å²) in [4.78, 5) is 31.8. The lowest BCUT2D eigenvalue weighted by Gasteiger charge is -2.25. The van der Waals surface area contributed by atoms with Crippen molar-refractivity contribution in [1.82, 2.24) is 14.5 Å².